The fraction of sp³-hybridized carbons (Fsp3) is 0.250. The summed E-state index contributed by atoms with van der Waals surface area (Å²) in [7, 11) is 0. The van der Waals surface area contributed by atoms with E-state index in [0.29, 0.717) is 12.2 Å². The Hall–Kier alpha value is -4.19. The molecule has 38 heavy (non-hydrogen) atoms. The topological polar surface area (TPSA) is 58.6 Å². The number of amides is 2. The van der Waals surface area contributed by atoms with Crippen molar-refractivity contribution in [2.75, 3.05) is 6.61 Å². The summed E-state index contributed by atoms with van der Waals surface area (Å²) in [5.74, 6) is -0.325. The lowest BCUT2D eigenvalue weighted by Crippen LogP contribution is -2.53. The second-order valence-electron chi connectivity index (χ2n) is 9.44. The molecule has 0 aromatic heterocycles. The van der Waals surface area contributed by atoms with E-state index in [1.165, 1.54) is 12.1 Å². The number of fused-ring (bicyclic) bond motifs is 1. The van der Waals surface area contributed by atoms with Gasteiger partial charge in [0, 0.05) is 24.4 Å². The van der Waals surface area contributed by atoms with Gasteiger partial charge >= 0.3 is 0 Å². The highest BCUT2D eigenvalue weighted by molar-refractivity contribution is 5.90. The van der Waals surface area contributed by atoms with Gasteiger partial charge in [-0.2, -0.15) is 0 Å². The number of halogens is 1. The van der Waals surface area contributed by atoms with Crippen LogP contribution in [0, 0.1) is 5.82 Å². The third kappa shape index (κ3) is 6.97. The lowest BCUT2D eigenvalue weighted by Gasteiger charge is -2.32. The molecule has 0 aliphatic carbocycles. The number of carbonyl (C=O) groups excluding carboxylic acids is 2. The summed E-state index contributed by atoms with van der Waals surface area (Å²) < 4.78 is 19.6. The van der Waals surface area contributed by atoms with Crippen molar-refractivity contribution in [1.82, 2.24) is 10.2 Å². The fourth-order valence-corrected chi connectivity index (χ4v) is 4.33. The minimum Gasteiger partial charge on any atom is -0.483 e. The van der Waals surface area contributed by atoms with E-state index in [1.807, 2.05) is 86.6 Å². The van der Waals surface area contributed by atoms with E-state index >= 15 is 0 Å². The Morgan fingerprint density at radius 1 is 0.868 bits per heavy atom. The van der Waals surface area contributed by atoms with Crippen LogP contribution in [-0.2, 0) is 22.6 Å². The number of hydrogen-bond donors (Lipinski definition) is 1. The zero-order valence-corrected chi connectivity index (χ0v) is 21.8. The van der Waals surface area contributed by atoms with Gasteiger partial charge in [0.25, 0.3) is 5.91 Å². The van der Waals surface area contributed by atoms with Gasteiger partial charge in [-0.25, -0.2) is 4.39 Å². The van der Waals surface area contributed by atoms with Gasteiger partial charge in [-0.1, -0.05) is 85.8 Å². The third-order valence-electron chi connectivity index (χ3n) is 6.64. The molecular formula is C32H33FN2O3. The van der Waals surface area contributed by atoms with E-state index in [9.17, 15) is 14.0 Å². The van der Waals surface area contributed by atoms with Crippen LogP contribution in [-0.4, -0.2) is 35.4 Å². The van der Waals surface area contributed by atoms with Crippen LogP contribution in [0.25, 0.3) is 10.8 Å². The van der Waals surface area contributed by atoms with E-state index < -0.39 is 6.04 Å². The van der Waals surface area contributed by atoms with Gasteiger partial charge in [-0.3, -0.25) is 9.59 Å². The standard InChI is InChI=1S/C32H33FN2O3/c1-3-23(2)34-32(37)29(20-24-10-5-4-6-11-24)35(21-25-16-18-27(33)19-17-25)31(36)22-38-30-15-9-13-26-12-7-8-14-28(26)30/h4-19,23,29H,3,20-22H2,1-2H3,(H,34,37). The van der Waals surface area contributed by atoms with Gasteiger partial charge in [0.2, 0.25) is 5.91 Å². The van der Waals surface area contributed by atoms with Crippen LogP contribution in [0.2, 0.25) is 0 Å². The van der Waals surface area contributed by atoms with Gasteiger partial charge < -0.3 is 15.0 Å². The maximum atomic E-state index is 13.8. The van der Waals surface area contributed by atoms with Gasteiger partial charge in [0.1, 0.15) is 17.6 Å². The van der Waals surface area contributed by atoms with Crippen molar-refractivity contribution in [3.63, 3.8) is 0 Å². The van der Waals surface area contributed by atoms with E-state index in [1.54, 1.807) is 17.0 Å². The first-order valence-corrected chi connectivity index (χ1v) is 12.9. The summed E-state index contributed by atoms with van der Waals surface area (Å²) in [5.41, 5.74) is 1.66. The number of benzene rings is 4. The summed E-state index contributed by atoms with van der Waals surface area (Å²) in [6, 6.07) is 28.3. The number of nitrogens with one attached hydrogen (secondary N) is 1. The molecule has 6 heteroatoms. The van der Waals surface area contributed by atoms with E-state index in [0.717, 1.165) is 28.3 Å². The highest BCUT2D eigenvalue weighted by Gasteiger charge is 2.31. The van der Waals surface area contributed by atoms with Crippen molar-refractivity contribution in [2.45, 2.75) is 45.3 Å². The second kappa shape index (κ2) is 12.9. The molecule has 0 saturated carbocycles. The third-order valence-corrected chi connectivity index (χ3v) is 6.64. The Bertz CT molecular complexity index is 1350. The Morgan fingerprint density at radius 3 is 2.29 bits per heavy atom. The van der Waals surface area contributed by atoms with Gasteiger partial charge in [0.15, 0.2) is 6.61 Å². The Labute approximate surface area is 223 Å². The molecule has 1 N–H and O–H groups in total. The van der Waals surface area contributed by atoms with E-state index in [2.05, 4.69) is 5.32 Å². The van der Waals surface area contributed by atoms with Gasteiger partial charge in [-0.15, -0.1) is 0 Å². The summed E-state index contributed by atoms with van der Waals surface area (Å²) >= 11 is 0. The van der Waals surface area contributed by atoms with E-state index in [4.69, 9.17) is 4.74 Å². The van der Waals surface area contributed by atoms with Crippen LogP contribution in [0.15, 0.2) is 97.1 Å². The highest BCUT2D eigenvalue weighted by atomic mass is 19.1. The maximum absolute atomic E-state index is 13.8. The molecule has 2 amide bonds. The summed E-state index contributed by atoms with van der Waals surface area (Å²) in [5, 5.41) is 4.96. The number of rotatable bonds is 11. The first-order valence-electron chi connectivity index (χ1n) is 12.9. The predicted molar refractivity (Wildman–Crippen MR) is 148 cm³/mol. The Kier molecular flexibility index (Phi) is 9.09. The molecule has 0 heterocycles. The zero-order chi connectivity index (χ0) is 26.9. The average Bonchev–Trinajstić information content (AvgIpc) is 2.95. The first kappa shape index (κ1) is 26.9. The molecule has 0 aliphatic heterocycles. The highest BCUT2D eigenvalue weighted by Crippen LogP contribution is 2.25. The molecule has 2 atom stereocenters. The van der Waals surface area contributed by atoms with Crippen LogP contribution < -0.4 is 10.1 Å². The molecule has 196 valence electrons. The Morgan fingerprint density at radius 2 is 1.55 bits per heavy atom. The number of carbonyl (C=O) groups is 2. The van der Waals surface area contributed by atoms with Crippen LogP contribution >= 0.6 is 0 Å². The summed E-state index contributed by atoms with van der Waals surface area (Å²) in [6.07, 6.45) is 1.10. The van der Waals surface area contributed by atoms with Crippen molar-refractivity contribution in [3.8, 4) is 5.75 Å². The molecule has 0 aliphatic rings. The van der Waals surface area contributed by atoms with Crippen LogP contribution in [0.1, 0.15) is 31.4 Å². The van der Waals surface area contributed by atoms with Crippen LogP contribution in [0.5, 0.6) is 5.75 Å². The average molecular weight is 513 g/mol. The van der Waals surface area contributed by atoms with Crippen molar-refractivity contribution in [2.24, 2.45) is 0 Å². The maximum Gasteiger partial charge on any atom is 0.261 e. The minimum atomic E-state index is -0.778. The van der Waals surface area contributed by atoms with Crippen LogP contribution in [0.3, 0.4) is 0 Å². The molecular weight excluding hydrogens is 479 g/mol. The molecule has 0 bridgehead atoms. The van der Waals surface area contributed by atoms with Gasteiger partial charge in [0.05, 0.1) is 0 Å². The number of nitrogens with zero attached hydrogens (tertiary/aromatic N) is 1. The molecule has 0 radical (unpaired) electrons. The lowest BCUT2D eigenvalue weighted by atomic mass is 10.0. The SMILES string of the molecule is CCC(C)NC(=O)C(Cc1ccccc1)N(Cc1ccc(F)cc1)C(=O)COc1cccc2ccccc12. The minimum absolute atomic E-state index is 0.0459. The molecule has 5 nitrogen and oxygen atoms in total. The largest absolute Gasteiger partial charge is 0.483 e. The molecule has 2 unspecified atom stereocenters. The molecule has 0 spiro atoms. The molecule has 4 aromatic rings. The quantitative estimate of drug-likeness (QED) is 0.272. The molecule has 4 aromatic carbocycles. The van der Waals surface area contributed by atoms with Crippen molar-refractivity contribution >= 4 is 22.6 Å². The molecule has 0 saturated heterocycles. The smallest absolute Gasteiger partial charge is 0.261 e. The zero-order valence-electron chi connectivity index (χ0n) is 21.8. The Balaban J connectivity index is 1.64. The predicted octanol–water partition coefficient (Wildman–Crippen LogP) is 5.91. The molecule has 0 fully saturated rings. The first-order chi connectivity index (χ1) is 18.4. The van der Waals surface area contributed by atoms with Crippen molar-refractivity contribution in [3.05, 3.63) is 114 Å². The number of hydrogen-bond acceptors (Lipinski definition) is 3. The van der Waals surface area contributed by atoms with Crippen LogP contribution in [0.4, 0.5) is 4.39 Å². The second-order valence-corrected chi connectivity index (χ2v) is 9.44. The number of ether oxygens (including phenoxy) is 1. The lowest BCUT2D eigenvalue weighted by molar-refractivity contribution is -0.143. The normalized spacial score (nSPS) is 12.5. The monoisotopic (exact) mass is 512 g/mol. The fourth-order valence-electron chi connectivity index (χ4n) is 4.33. The summed E-state index contributed by atoms with van der Waals surface area (Å²) in [4.78, 5) is 28.9. The van der Waals surface area contributed by atoms with Crippen molar-refractivity contribution < 1.29 is 18.7 Å². The van der Waals surface area contributed by atoms with Gasteiger partial charge in [-0.05, 0) is 48.1 Å². The van der Waals surface area contributed by atoms with Crippen molar-refractivity contribution in [1.29, 1.82) is 0 Å². The summed E-state index contributed by atoms with van der Waals surface area (Å²) in [6.45, 7) is 3.84. The molecule has 4 rings (SSSR count). The van der Waals surface area contributed by atoms with E-state index in [-0.39, 0.29) is 36.8 Å².